The lowest BCUT2D eigenvalue weighted by molar-refractivity contribution is 0.0951. The summed E-state index contributed by atoms with van der Waals surface area (Å²) in [4.78, 5) is 20.6. The van der Waals surface area contributed by atoms with Gasteiger partial charge in [-0.25, -0.2) is 14.4 Å². The van der Waals surface area contributed by atoms with E-state index in [1.807, 2.05) is 17.7 Å². The van der Waals surface area contributed by atoms with E-state index in [0.29, 0.717) is 35.0 Å². The molecule has 0 unspecified atom stereocenters. The summed E-state index contributed by atoms with van der Waals surface area (Å²) >= 11 is 0. The van der Waals surface area contributed by atoms with Gasteiger partial charge in [-0.2, -0.15) is 0 Å². The zero-order valence-electron chi connectivity index (χ0n) is 17.2. The molecule has 0 aliphatic heterocycles. The van der Waals surface area contributed by atoms with Crippen molar-refractivity contribution >= 4 is 11.6 Å². The zero-order valence-corrected chi connectivity index (χ0v) is 17.2. The average molecular weight is 433 g/mol. The number of nitrogens with one attached hydrogen (secondary N) is 2. The zero-order chi connectivity index (χ0) is 22.5. The second kappa shape index (κ2) is 9.21. The number of aromatic hydroxyl groups is 1. The fourth-order valence-electron chi connectivity index (χ4n) is 3.06. The van der Waals surface area contributed by atoms with Crippen LogP contribution in [0.1, 0.15) is 21.7 Å². The topological polar surface area (TPSA) is 118 Å². The van der Waals surface area contributed by atoms with E-state index in [1.165, 1.54) is 18.5 Å². The summed E-state index contributed by atoms with van der Waals surface area (Å²) in [6.45, 7) is 0.533. The standard InChI is InChI=1S/C22H20FN7O2/c1-30-20(28-29-21(30)18-7-8-24-13-27-18)12-25-16-4-2-3-15(10-16)22(32)26-11-14-5-6-19(31)17(23)9-14/h2-10,13,25,31H,11-12H2,1H3,(H,26,32). The highest BCUT2D eigenvalue weighted by Crippen LogP contribution is 2.17. The van der Waals surface area contributed by atoms with E-state index in [2.05, 4.69) is 30.8 Å². The molecule has 0 fully saturated rings. The quantitative estimate of drug-likeness (QED) is 0.410. The van der Waals surface area contributed by atoms with Crippen LogP contribution in [0, 0.1) is 5.82 Å². The monoisotopic (exact) mass is 433 g/mol. The lowest BCUT2D eigenvalue weighted by Gasteiger charge is -2.10. The Bertz CT molecular complexity index is 1240. The van der Waals surface area contributed by atoms with E-state index in [1.54, 1.807) is 36.5 Å². The molecule has 9 nitrogen and oxygen atoms in total. The Morgan fingerprint density at radius 3 is 2.78 bits per heavy atom. The van der Waals surface area contributed by atoms with Crippen molar-refractivity contribution in [2.75, 3.05) is 5.32 Å². The fourth-order valence-corrected chi connectivity index (χ4v) is 3.06. The van der Waals surface area contributed by atoms with Gasteiger partial charge in [-0.1, -0.05) is 12.1 Å². The molecule has 0 saturated carbocycles. The van der Waals surface area contributed by atoms with Crippen LogP contribution in [0.5, 0.6) is 5.75 Å². The summed E-state index contributed by atoms with van der Waals surface area (Å²) in [6, 6.07) is 12.8. The van der Waals surface area contributed by atoms with Crippen molar-refractivity contribution in [2.24, 2.45) is 7.05 Å². The molecule has 0 saturated heterocycles. The van der Waals surface area contributed by atoms with E-state index >= 15 is 0 Å². The van der Waals surface area contributed by atoms with Gasteiger partial charge in [0.05, 0.1) is 6.54 Å². The first-order valence-electron chi connectivity index (χ1n) is 9.75. The first-order valence-corrected chi connectivity index (χ1v) is 9.75. The second-order valence-corrected chi connectivity index (χ2v) is 7.00. The predicted molar refractivity (Wildman–Crippen MR) is 115 cm³/mol. The van der Waals surface area contributed by atoms with E-state index in [9.17, 15) is 14.3 Å². The van der Waals surface area contributed by atoms with Crippen molar-refractivity contribution < 1.29 is 14.3 Å². The van der Waals surface area contributed by atoms with E-state index in [-0.39, 0.29) is 12.5 Å². The first-order chi connectivity index (χ1) is 15.5. The number of phenols is 1. The van der Waals surface area contributed by atoms with Crippen LogP contribution < -0.4 is 10.6 Å². The van der Waals surface area contributed by atoms with Crippen molar-refractivity contribution in [1.29, 1.82) is 0 Å². The lowest BCUT2D eigenvalue weighted by Crippen LogP contribution is -2.22. The number of benzene rings is 2. The van der Waals surface area contributed by atoms with Crippen LogP contribution in [-0.2, 0) is 20.1 Å². The molecule has 0 aliphatic carbocycles. The highest BCUT2D eigenvalue weighted by molar-refractivity contribution is 5.95. The number of hydrogen-bond donors (Lipinski definition) is 3. The number of amides is 1. The molecule has 1 amide bonds. The Morgan fingerprint density at radius 2 is 2.00 bits per heavy atom. The predicted octanol–water partition coefficient (Wildman–Crippen LogP) is 2.66. The molecule has 0 atom stereocenters. The van der Waals surface area contributed by atoms with Gasteiger partial charge in [0, 0.05) is 31.0 Å². The van der Waals surface area contributed by atoms with E-state index in [0.717, 1.165) is 5.69 Å². The van der Waals surface area contributed by atoms with Crippen molar-refractivity contribution in [3.8, 4) is 17.3 Å². The van der Waals surface area contributed by atoms with Gasteiger partial charge in [0.25, 0.3) is 5.91 Å². The number of halogens is 1. The third-order valence-electron chi connectivity index (χ3n) is 4.82. The van der Waals surface area contributed by atoms with E-state index < -0.39 is 11.6 Å². The van der Waals surface area contributed by atoms with Gasteiger partial charge >= 0.3 is 0 Å². The van der Waals surface area contributed by atoms with Gasteiger partial charge in [0.1, 0.15) is 12.0 Å². The minimum absolute atomic E-state index is 0.137. The highest BCUT2D eigenvalue weighted by Gasteiger charge is 2.12. The molecule has 2 heterocycles. The third kappa shape index (κ3) is 4.69. The van der Waals surface area contributed by atoms with Crippen molar-refractivity contribution in [2.45, 2.75) is 13.1 Å². The molecule has 4 rings (SSSR count). The van der Waals surface area contributed by atoms with Crippen LogP contribution >= 0.6 is 0 Å². The Hall–Kier alpha value is -4.34. The van der Waals surface area contributed by atoms with Gasteiger partial charge in [-0.05, 0) is 42.0 Å². The molecule has 2 aromatic carbocycles. The molecule has 3 N–H and O–H groups in total. The number of aromatic nitrogens is 5. The van der Waals surface area contributed by atoms with Gasteiger partial charge in [0.15, 0.2) is 23.2 Å². The van der Waals surface area contributed by atoms with Crippen LogP contribution in [0.25, 0.3) is 11.5 Å². The maximum absolute atomic E-state index is 13.4. The summed E-state index contributed by atoms with van der Waals surface area (Å²) < 4.78 is 15.3. The van der Waals surface area contributed by atoms with Crippen LogP contribution in [0.15, 0.2) is 61.1 Å². The van der Waals surface area contributed by atoms with Gasteiger partial charge in [-0.15, -0.1) is 10.2 Å². The number of phenolic OH excluding ortho intramolecular Hbond substituents is 1. The minimum Gasteiger partial charge on any atom is -0.505 e. The molecule has 0 spiro atoms. The largest absolute Gasteiger partial charge is 0.505 e. The molecule has 0 bridgehead atoms. The summed E-state index contributed by atoms with van der Waals surface area (Å²) in [5, 5.41) is 23.6. The third-order valence-corrected chi connectivity index (χ3v) is 4.82. The summed E-state index contributed by atoms with van der Waals surface area (Å²) in [5.74, 6) is -0.127. The molecule has 2 aromatic heterocycles. The molecule has 10 heteroatoms. The molecule has 4 aromatic rings. The molecule has 0 aliphatic rings. The van der Waals surface area contributed by atoms with Crippen LogP contribution in [0.2, 0.25) is 0 Å². The van der Waals surface area contributed by atoms with Gasteiger partial charge in [-0.3, -0.25) is 4.79 Å². The normalized spacial score (nSPS) is 10.7. The Labute approximate surface area is 183 Å². The molecular formula is C22H20FN7O2. The first kappa shape index (κ1) is 20.9. The van der Waals surface area contributed by atoms with Gasteiger partial charge < -0.3 is 20.3 Å². The number of rotatable bonds is 7. The lowest BCUT2D eigenvalue weighted by atomic mass is 10.1. The number of carbonyl (C=O) groups excluding carboxylic acids is 1. The maximum atomic E-state index is 13.4. The Kier molecular flexibility index (Phi) is 6.02. The number of anilines is 1. The smallest absolute Gasteiger partial charge is 0.251 e. The van der Waals surface area contributed by atoms with Crippen molar-refractivity contribution in [3.63, 3.8) is 0 Å². The van der Waals surface area contributed by atoms with Gasteiger partial charge in [0.2, 0.25) is 0 Å². The number of nitrogens with zero attached hydrogens (tertiary/aromatic N) is 5. The Balaban J connectivity index is 1.38. The summed E-state index contributed by atoms with van der Waals surface area (Å²) in [7, 11) is 1.85. The van der Waals surface area contributed by atoms with Crippen LogP contribution in [0.4, 0.5) is 10.1 Å². The second-order valence-electron chi connectivity index (χ2n) is 7.00. The van der Waals surface area contributed by atoms with Crippen LogP contribution in [-0.4, -0.2) is 35.7 Å². The SMILES string of the molecule is Cn1c(CNc2cccc(C(=O)NCc3ccc(O)c(F)c3)c2)nnc1-c1ccncn1. The van der Waals surface area contributed by atoms with E-state index in [4.69, 9.17) is 0 Å². The summed E-state index contributed by atoms with van der Waals surface area (Å²) in [6.07, 6.45) is 3.10. The minimum atomic E-state index is -0.727. The summed E-state index contributed by atoms with van der Waals surface area (Å²) in [5.41, 5.74) is 2.41. The maximum Gasteiger partial charge on any atom is 0.251 e. The number of hydrogen-bond acceptors (Lipinski definition) is 7. The molecular weight excluding hydrogens is 413 g/mol. The highest BCUT2D eigenvalue weighted by atomic mass is 19.1. The van der Waals surface area contributed by atoms with Crippen molar-refractivity contribution in [3.05, 3.63) is 83.8 Å². The molecule has 32 heavy (non-hydrogen) atoms. The van der Waals surface area contributed by atoms with Crippen LogP contribution in [0.3, 0.4) is 0 Å². The molecule has 0 radical (unpaired) electrons. The van der Waals surface area contributed by atoms with Crippen molar-refractivity contribution in [1.82, 2.24) is 30.0 Å². The number of carbonyl (C=O) groups is 1. The fraction of sp³-hybridized carbons (Fsp3) is 0.136. The average Bonchev–Trinajstić information content (AvgIpc) is 3.19. The Morgan fingerprint density at radius 1 is 1.12 bits per heavy atom. The molecule has 162 valence electrons.